The van der Waals surface area contributed by atoms with Crippen LogP contribution in [0.1, 0.15) is 28.1 Å². The lowest BCUT2D eigenvalue weighted by Crippen LogP contribution is -2.22. The van der Waals surface area contributed by atoms with E-state index >= 15 is 0 Å². The SMILES string of the molecule is Cc1cc2nc3s/c(=C/c4cc(C)n(-c5ccc(Br)cc5)c4C)c(=O)n3c2cc1C. The van der Waals surface area contributed by atoms with Crippen molar-refractivity contribution >= 4 is 49.3 Å². The van der Waals surface area contributed by atoms with Crippen LogP contribution in [0.4, 0.5) is 0 Å². The van der Waals surface area contributed by atoms with Crippen molar-refractivity contribution in [3.05, 3.63) is 89.9 Å². The first kappa shape index (κ1) is 19.3. The quantitative estimate of drug-likeness (QED) is 0.348. The van der Waals surface area contributed by atoms with Crippen molar-refractivity contribution in [1.29, 1.82) is 0 Å². The first-order valence-corrected chi connectivity index (χ1v) is 11.3. The van der Waals surface area contributed by atoms with Crippen molar-refractivity contribution in [3.63, 3.8) is 0 Å². The minimum Gasteiger partial charge on any atom is -0.318 e. The van der Waals surface area contributed by atoms with Crippen LogP contribution in [0.2, 0.25) is 0 Å². The molecule has 4 nitrogen and oxygen atoms in total. The Bertz CT molecular complexity index is 1550. The summed E-state index contributed by atoms with van der Waals surface area (Å²) in [5, 5.41) is 0. The Morgan fingerprint density at radius 1 is 1.00 bits per heavy atom. The molecule has 0 bridgehead atoms. The van der Waals surface area contributed by atoms with Crippen LogP contribution in [0.5, 0.6) is 0 Å². The van der Waals surface area contributed by atoms with Gasteiger partial charge in [-0.1, -0.05) is 27.3 Å². The maximum atomic E-state index is 13.2. The molecule has 0 aliphatic heterocycles. The molecule has 0 aliphatic carbocycles. The van der Waals surface area contributed by atoms with Gasteiger partial charge in [0.2, 0.25) is 0 Å². The molecule has 3 heterocycles. The second-order valence-corrected chi connectivity index (χ2v) is 9.63. The summed E-state index contributed by atoms with van der Waals surface area (Å²) in [5.74, 6) is 0. The number of fused-ring (bicyclic) bond motifs is 3. The smallest absolute Gasteiger partial charge is 0.274 e. The molecular weight excluding hydrogens is 458 g/mol. The molecule has 0 saturated carbocycles. The number of aryl methyl sites for hydroxylation is 3. The minimum absolute atomic E-state index is 0.00537. The summed E-state index contributed by atoms with van der Waals surface area (Å²) in [6, 6.07) is 14.5. The lowest BCUT2D eigenvalue weighted by molar-refractivity contribution is 0.964. The first-order valence-electron chi connectivity index (χ1n) is 9.72. The van der Waals surface area contributed by atoms with E-state index in [2.05, 4.69) is 78.5 Å². The van der Waals surface area contributed by atoms with Crippen molar-refractivity contribution in [2.45, 2.75) is 27.7 Å². The Morgan fingerprint density at radius 2 is 1.70 bits per heavy atom. The van der Waals surface area contributed by atoms with Crippen LogP contribution in [-0.4, -0.2) is 14.0 Å². The molecule has 30 heavy (non-hydrogen) atoms. The van der Waals surface area contributed by atoms with E-state index < -0.39 is 0 Å². The summed E-state index contributed by atoms with van der Waals surface area (Å²) in [5.41, 5.74) is 8.50. The van der Waals surface area contributed by atoms with E-state index in [1.54, 1.807) is 4.40 Å². The zero-order chi connectivity index (χ0) is 21.2. The third-order valence-corrected chi connectivity index (χ3v) is 7.19. The van der Waals surface area contributed by atoms with Gasteiger partial charge in [-0.05, 0) is 92.9 Å². The second-order valence-electron chi connectivity index (χ2n) is 7.71. The molecule has 3 aromatic heterocycles. The average Bonchev–Trinajstić information content (AvgIpc) is 3.29. The molecule has 0 aliphatic rings. The highest BCUT2D eigenvalue weighted by Crippen LogP contribution is 2.24. The number of thiazole rings is 1. The number of halogens is 1. The topological polar surface area (TPSA) is 39.3 Å². The predicted octanol–water partition coefficient (Wildman–Crippen LogP) is 5.24. The summed E-state index contributed by atoms with van der Waals surface area (Å²) < 4.78 is 5.71. The van der Waals surface area contributed by atoms with Crippen LogP contribution in [-0.2, 0) is 0 Å². The molecule has 5 aromatic rings. The van der Waals surface area contributed by atoms with E-state index in [4.69, 9.17) is 4.98 Å². The number of rotatable bonds is 2. The van der Waals surface area contributed by atoms with Crippen LogP contribution < -0.4 is 10.1 Å². The van der Waals surface area contributed by atoms with E-state index in [1.807, 2.05) is 18.2 Å². The van der Waals surface area contributed by atoms with Crippen LogP contribution in [0.25, 0.3) is 27.8 Å². The zero-order valence-corrected chi connectivity index (χ0v) is 19.6. The summed E-state index contributed by atoms with van der Waals surface area (Å²) in [7, 11) is 0. The number of aromatic nitrogens is 3. The summed E-state index contributed by atoms with van der Waals surface area (Å²) in [6.45, 7) is 8.31. The average molecular weight is 478 g/mol. The van der Waals surface area contributed by atoms with Crippen LogP contribution >= 0.6 is 27.3 Å². The van der Waals surface area contributed by atoms with Crippen molar-refractivity contribution in [1.82, 2.24) is 14.0 Å². The fourth-order valence-electron chi connectivity index (χ4n) is 3.98. The number of hydrogen-bond acceptors (Lipinski definition) is 3. The Kier molecular flexibility index (Phi) is 4.45. The normalized spacial score (nSPS) is 12.5. The van der Waals surface area contributed by atoms with Gasteiger partial charge in [0.15, 0.2) is 4.96 Å². The highest BCUT2D eigenvalue weighted by atomic mass is 79.9. The zero-order valence-electron chi connectivity index (χ0n) is 17.2. The van der Waals surface area contributed by atoms with E-state index in [1.165, 1.54) is 22.5 Å². The first-order chi connectivity index (χ1) is 14.3. The Labute approximate surface area is 186 Å². The molecule has 0 spiro atoms. The van der Waals surface area contributed by atoms with Gasteiger partial charge in [-0.25, -0.2) is 9.38 Å². The third-order valence-electron chi connectivity index (χ3n) is 5.70. The van der Waals surface area contributed by atoms with Gasteiger partial charge < -0.3 is 4.57 Å². The van der Waals surface area contributed by atoms with Crippen molar-refractivity contribution in [2.24, 2.45) is 0 Å². The number of nitrogens with zero attached hydrogens (tertiary/aromatic N) is 3. The van der Waals surface area contributed by atoms with E-state index in [0.29, 0.717) is 4.53 Å². The van der Waals surface area contributed by atoms with Crippen LogP contribution in [0.3, 0.4) is 0 Å². The molecule has 150 valence electrons. The van der Waals surface area contributed by atoms with Gasteiger partial charge >= 0.3 is 0 Å². The van der Waals surface area contributed by atoms with Crippen molar-refractivity contribution in [3.8, 4) is 5.69 Å². The largest absolute Gasteiger partial charge is 0.318 e. The van der Waals surface area contributed by atoms with Gasteiger partial charge in [0.05, 0.1) is 15.6 Å². The lowest BCUT2D eigenvalue weighted by Gasteiger charge is -2.09. The minimum atomic E-state index is -0.00537. The number of hydrogen-bond donors (Lipinski definition) is 0. The molecule has 0 unspecified atom stereocenters. The number of benzene rings is 2. The fraction of sp³-hybridized carbons (Fsp3) is 0.167. The summed E-state index contributed by atoms with van der Waals surface area (Å²) in [4.78, 5) is 18.6. The summed E-state index contributed by atoms with van der Waals surface area (Å²) >= 11 is 4.94. The molecule has 0 fully saturated rings. The van der Waals surface area contributed by atoms with Gasteiger partial charge in [0, 0.05) is 21.5 Å². The highest BCUT2D eigenvalue weighted by Gasteiger charge is 2.14. The van der Waals surface area contributed by atoms with Gasteiger partial charge in [0.1, 0.15) is 0 Å². The van der Waals surface area contributed by atoms with Gasteiger partial charge in [-0.3, -0.25) is 4.79 Å². The Balaban J connectivity index is 1.69. The maximum absolute atomic E-state index is 13.2. The van der Waals surface area contributed by atoms with Crippen LogP contribution in [0, 0.1) is 27.7 Å². The fourth-order valence-corrected chi connectivity index (χ4v) is 5.22. The van der Waals surface area contributed by atoms with E-state index in [-0.39, 0.29) is 5.56 Å². The molecule has 6 heteroatoms. The molecule has 0 N–H and O–H groups in total. The predicted molar refractivity (Wildman–Crippen MR) is 128 cm³/mol. The van der Waals surface area contributed by atoms with Gasteiger partial charge in [0.25, 0.3) is 5.56 Å². The Morgan fingerprint density at radius 3 is 2.43 bits per heavy atom. The van der Waals surface area contributed by atoms with Crippen molar-refractivity contribution in [2.75, 3.05) is 0 Å². The highest BCUT2D eigenvalue weighted by molar-refractivity contribution is 9.10. The molecule has 0 radical (unpaired) electrons. The van der Waals surface area contributed by atoms with Crippen molar-refractivity contribution < 1.29 is 0 Å². The van der Waals surface area contributed by atoms with Crippen LogP contribution in [0.15, 0.2) is 51.7 Å². The second kappa shape index (κ2) is 6.93. The van der Waals surface area contributed by atoms with Gasteiger partial charge in [-0.2, -0.15) is 0 Å². The van der Waals surface area contributed by atoms with Gasteiger partial charge in [-0.15, -0.1) is 0 Å². The van der Waals surface area contributed by atoms with E-state index in [0.717, 1.165) is 43.1 Å². The molecule has 2 aromatic carbocycles. The third kappa shape index (κ3) is 2.94. The van der Waals surface area contributed by atoms with E-state index in [9.17, 15) is 4.79 Å². The molecule has 0 saturated heterocycles. The monoisotopic (exact) mass is 477 g/mol. The molecule has 0 atom stereocenters. The number of imidazole rings is 1. The molecular formula is C24H20BrN3OS. The summed E-state index contributed by atoms with van der Waals surface area (Å²) in [6.07, 6.45) is 1.99. The molecule has 5 rings (SSSR count). The standard InChI is InChI=1S/C24H20BrN3OS/c1-13-9-20-21(10-14(13)2)28-23(29)22(30-24(28)26-20)12-17-11-15(3)27(16(17)4)19-7-5-18(25)6-8-19/h5-12H,1-4H3/b22-12+. The lowest BCUT2D eigenvalue weighted by atomic mass is 10.1. The maximum Gasteiger partial charge on any atom is 0.274 e. The molecule has 0 amide bonds. The Hall–Kier alpha value is -2.70.